The van der Waals surface area contributed by atoms with Crippen molar-refractivity contribution < 1.29 is 0 Å². The van der Waals surface area contributed by atoms with Gasteiger partial charge in [-0.3, -0.25) is 0 Å². The maximum atomic E-state index is 2.43. The van der Waals surface area contributed by atoms with Gasteiger partial charge in [-0.25, -0.2) is 0 Å². The van der Waals surface area contributed by atoms with Crippen LogP contribution in [0.5, 0.6) is 0 Å². The van der Waals surface area contributed by atoms with Gasteiger partial charge in [0, 0.05) is 0 Å². The summed E-state index contributed by atoms with van der Waals surface area (Å²) in [6.07, 6.45) is 1.42. The van der Waals surface area contributed by atoms with Crippen molar-refractivity contribution in [3.05, 3.63) is 0 Å². The van der Waals surface area contributed by atoms with Gasteiger partial charge in [0.05, 0.1) is 0 Å². The van der Waals surface area contributed by atoms with Crippen LogP contribution in [0.3, 0.4) is 0 Å². The van der Waals surface area contributed by atoms with Crippen LogP contribution in [0, 0.1) is 0 Å². The normalized spacial score (nSPS) is 23.5. The van der Waals surface area contributed by atoms with Gasteiger partial charge in [0.1, 0.15) is 0 Å². The lowest BCUT2D eigenvalue weighted by Gasteiger charge is -2.28. The van der Waals surface area contributed by atoms with Gasteiger partial charge in [-0.15, -0.1) is 0 Å². The largest absolute Gasteiger partial charge is 0.304 e. The molecule has 1 aliphatic rings. The van der Waals surface area contributed by atoms with E-state index < -0.39 is 0 Å². The van der Waals surface area contributed by atoms with Crippen molar-refractivity contribution in [1.82, 2.24) is 4.90 Å². The quantitative estimate of drug-likeness (QED) is 0.453. The highest BCUT2D eigenvalue weighted by atomic mass is 15.2. The molecule has 1 heterocycles. The number of hydrogen-bond donors (Lipinski definition) is 0. The summed E-state index contributed by atoms with van der Waals surface area (Å²) in [5.74, 6) is 0. The Balaban J connectivity index is 2.01. The first kappa shape index (κ1) is 4.13. The molecule has 0 atom stereocenters. The van der Waals surface area contributed by atoms with Crippen LogP contribution >= 0.6 is 0 Å². The van der Waals surface area contributed by atoms with Crippen molar-refractivity contribution in [3.8, 4) is 0 Å². The molecule has 0 N–H and O–H groups in total. The molecule has 0 amide bonds. The minimum Gasteiger partial charge on any atom is -0.304 e. The van der Waals surface area contributed by atoms with Gasteiger partial charge in [0.25, 0.3) is 0 Å². The highest BCUT2D eigenvalue weighted by molar-refractivity contribution is 4.64. The second-order valence-electron chi connectivity index (χ2n) is 1.79. The van der Waals surface area contributed by atoms with Gasteiger partial charge in [-0.2, -0.15) is 0 Å². The van der Waals surface area contributed by atoms with E-state index in [1.54, 1.807) is 0 Å². The molecule has 1 heteroatoms. The van der Waals surface area contributed by atoms with Crippen LogP contribution in [0.2, 0.25) is 0 Å². The average Bonchev–Trinajstić information content (AvgIpc) is 1.31. The Morgan fingerprint density at radius 1 is 1.50 bits per heavy atom. The van der Waals surface area contributed by atoms with Crippen molar-refractivity contribution in [2.45, 2.75) is 13.3 Å². The Morgan fingerprint density at radius 2 is 2.17 bits per heavy atom. The minimum absolute atomic E-state index is 1.25. The van der Waals surface area contributed by atoms with Crippen LogP contribution in [0.25, 0.3) is 0 Å². The molecule has 1 saturated heterocycles. The maximum Gasteiger partial charge on any atom is -0.000665 e. The van der Waals surface area contributed by atoms with Crippen LogP contribution in [-0.4, -0.2) is 24.5 Å². The average molecular weight is 85.2 g/mol. The molecule has 1 rings (SSSR count). The first-order valence-corrected chi connectivity index (χ1v) is 2.66. The molecule has 36 valence electrons. The summed E-state index contributed by atoms with van der Waals surface area (Å²) < 4.78 is 0. The number of likely N-dealkylation sites (tertiary alicyclic amines) is 1. The highest BCUT2D eigenvalue weighted by Gasteiger charge is 2.08. The van der Waals surface area contributed by atoms with Crippen molar-refractivity contribution in [3.63, 3.8) is 0 Å². The molecule has 0 radical (unpaired) electrons. The van der Waals surface area contributed by atoms with Crippen LogP contribution < -0.4 is 0 Å². The summed E-state index contributed by atoms with van der Waals surface area (Å²) in [6.45, 7) is 6.14. The molecule has 0 bridgehead atoms. The minimum atomic E-state index is 1.25. The first-order chi connectivity index (χ1) is 2.93. The molecule has 1 fully saturated rings. The van der Waals surface area contributed by atoms with E-state index in [1.165, 1.54) is 26.1 Å². The Labute approximate surface area is 39.0 Å². The molecule has 6 heavy (non-hydrogen) atoms. The second-order valence-corrected chi connectivity index (χ2v) is 1.79. The van der Waals surface area contributed by atoms with E-state index >= 15 is 0 Å². The Morgan fingerprint density at radius 3 is 2.17 bits per heavy atom. The number of rotatable bonds is 1. The smallest absolute Gasteiger partial charge is 0.000665 e. The van der Waals surface area contributed by atoms with E-state index in [-0.39, 0.29) is 0 Å². The van der Waals surface area contributed by atoms with Crippen LogP contribution in [0.4, 0.5) is 0 Å². The van der Waals surface area contributed by atoms with Crippen LogP contribution in [0.15, 0.2) is 0 Å². The van der Waals surface area contributed by atoms with E-state index in [9.17, 15) is 0 Å². The lowest BCUT2D eigenvalue weighted by atomic mass is 10.2. The van der Waals surface area contributed by atoms with E-state index in [1.807, 2.05) is 0 Å². The lowest BCUT2D eigenvalue weighted by molar-refractivity contribution is 0.192. The van der Waals surface area contributed by atoms with E-state index in [2.05, 4.69) is 11.8 Å². The summed E-state index contributed by atoms with van der Waals surface area (Å²) in [4.78, 5) is 2.43. The Bertz CT molecular complexity index is 36.4. The number of nitrogens with zero attached hydrogens (tertiary/aromatic N) is 1. The van der Waals surface area contributed by atoms with Crippen LogP contribution in [0.1, 0.15) is 13.3 Å². The second kappa shape index (κ2) is 1.61. The fraction of sp³-hybridized carbons (Fsp3) is 1.00. The molecule has 0 aliphatic carbocycles. The van der Waals surface area contributed by atoms with Gasteiger partial charge < -0.3 is 4.90 Å². The van der Waals surface area contributed by atoms with Crippen molar-refractivity contribution >= 4 is 0 Å². The molecule has 0 spiro atoms. The third-order valence-corrected chi connectivity index (χ3v) is 1.40. The summed E-state index contributed by atoms with van der Waals surface area (Å²) in [6, 6.07) is 0. The molecule has 0 aromatic carbocycles. The monoisotopic (exact) mass is 85.1 g/mol. The zero-order chi connectivity index (χ0) is 4.41. The van der Waals surface area contributed by atoms with Gasteiger partial charge >= 0.3 is 0 Å². The van der Waals surface area contributed by atoms with E-state index in [0.717, 1.165) is 0 Å². The first-order valence-electron chi connectivity index (χ1n) is 2.66. The fourth-order valence-corrected chi connectivity index (χ4v) is 0.698. The molecular weight excluding hydrogens is 74.1 g/mol. The third kappa shape index (κ3) is 0.548. The van der Waals surface area contributed by atoms with Gasteiger partial charge in [0.2, 0.25) is 0 Å². The Hall–Kier alpha value is -0.0400. The van der Waals surface area contributed by atoms with E-state index in [0.29, 0.717) is 0 Å². The summed E-state index contributed by atoms with van der Waals surface area (Å²) in [5, 5.41) is 0. The number of hydrogen-bond acceptors (Lipinski definition) is 1. The fourth-order valence-electron chi connectivity index (χ4n) is 0.698. The molecular formula is C5H11N. The van der Waals surface area contributed by atoms with Gasteiger partial charge in [-0.1, -0.05) is 6.92 Å². The third-order valence-electron chi connectivity index (χ3n) is 1.40. The van der Waals surface area contributed by atoms with Crippen molar-refractivity contribution in [2.24, 2.45) is 0 Å². The predicted molar refractivity (Wildman–Crippen MR) is 26.7 cm³/mol. The summed E-state index contributed by atoms with van der Waals surface area (Å²) >= 11 is 0. The maximum absolute atomic E-state index is 2.43. The Kier molecular flexibility index (Phi) is 1.10. The highest BCUT2D eigenvalue weighted by Crippen LogP contribution is 2.02. The van der Waals surface area contributed by atoms with Crippen LogP contribution in [-0.2, 0) is 0 Å². The van der Waals surface area contributed by atoms with Crippen molar-refractivity contribution in [2.75, 3.05) is 19.6 Å². The van der Waals surface area contributed by atoms with Gasteiger partial charge in [0.15, 0.2) is 0 Å². The lowest BCUT2D eigenvalue weighted by Crippen LogP contribution is -2.36. The zero-order valence-electron chi connectivity index (χ0n) is 4.28. The van der Waals surface area contributed by atoms with E-state index in [4.69, 9.17) is 0 Å². The van der Waals surface area contributed by atoms with Crippen molar-refractivity contribution in [1.29, 1.82) is 0 Å². The molecule has 0 aromatic rings. The molecule has 1 aliphatic heterocycles. The molecule has 1 nitrogen and oxygen atoms in total. The predicted octanol–water partition coefficient (Wildman–Crippen LogP) is 0.712. The summed E-state index contributed by atoms with van der Waals surface area (Å²) in [7, 11) is 0. The molecule has 0 aromatic heterocycles. The topological polar surface area (TPSA) is 3.24 Å². The molecule has 0 unspecified atom stereocenters. The zero-order valence-corrected chi connectivity index (χ0v) is 4.28. The SMILES string of the molecule is CCN1CCC1. The molecule has 0 saturated carbocycles. The van der Waals surface area contributed by atoms with Gasteiger partial charge in [-0.05, 0) is 26.1 Å². The summed E-state index contributed by atoms with van der Waals surface area (Å²) in [5.41, 5.74) is 0. The standard InChI is InChI=1S/C5H11N/c1-2-6-4-3-5-6/h2-5H2,1H3.